The number of cyclic esters (lactones) is 1. The Morgan fingerprint density at radius 2 is 1.58 bits per heavy atom. The van der Waals surface area contributed by atoms with Crippen LogP contribution in [0.5, 0.6) is 0 Å². The second kappa shape index (κ2) is 17.4. The van der Waals surface area contributed by atoms with Crippen molar-refractivity contribution >= 4 is 11.8 Å². The summed E-state index contributed by atoms with van der Waals surface area (Å²) in [4.78, 5) is 29.5. The van der Waals surface area contributed by atoms with Crippen LogP contribution in [0.15, 0.2) is 23.8 Å². The summed E-state index contributed by atoms with van der Waals surface area (Å²) in [5.41, 5.74) is 0.767. The molecule has 17 atom stereocenters. The molecular weight excluding hydrogens is 666 g/mol. The molecule has 3 aliphatic carbocycles. The zero-order chi connectivity index (χ0) is 37.3. The van der Waals surface area contributed by atoms with Crippen LogP contribution >= 0.6 is 0 Å². The molecule has 6 aliphatic rings. The lowest BCUT2D eigenvalue weighted by Gasteiger charge is -2.44. The number of allylic oxidation sites excluding steroid dienone is 4. The summed E-state index contributed by atoms with van der Waals surface area (Å²) in [7, 11) is 9.32. The summed E-state index contributed by atoms with van der Waals surface area (Å²) in [5, 5.41) is 0. The van der Waals surface area contributed by atoms with Gasteiger partial charge in [-0.05, 0) is 81.6 Å². The van der Waals surface area contributed by atoms with Gasteiger partial charge in [0.15, 0.2) is 18.4 Å². The molecule has 3 aliphatic heterocycles. The van der Waals surface area contributed by atoms with Gasteiger partial charge in [-0.3, -0.25) is 9.59 Å². The van der Waals surface area contributed by atoms with Gasteiger partial charge in [-0.2, -0.15) is 0 Å². The van der Waals surface area contributed by atoms with Gasteiger partial charge in [0.1, 0.15) is 36.6 Å². The number of likely N-dealkylation sites (N-methyl/N-ethyl adjacent to an activating group) is 1. The number of ether oxygens (including phenoxy) is 8. The molecule has 0 unspecified atom stereocenters. The first-order chi connectivity index (χ1) is 25.0. The number of fused-ring (bicyclic) bond motifs is 5. The molecule has 0 radical (unpaired) electrons. The number of ketones is 1. The van der Waals surface area contributed by atoms with Gasteiger partial charge in [-0.25, -0.2) is 0 Å². The van der Waals surface area contributed by atoms with Crippen molar-refractivity contribution in [3.63, 3.8) is 0 Å². The summed E-state index contributed by atoms with van der Waals surface area (Å²) in [6.07, 6.45) is 11.0. The van der Waals surface area contributed by atoms with E-state index >= 15 is 0 Å². The van der Waals surface area contributed by atoms with Crippen LogP contribution in [-0.2, 0) is 47.5 Å². The summed E-state index contributed by atoms with van der Waals surface area (Å²) < 4.78 is 49.6. The van der Waals surface area contributed by atoms with Crippen molar-refractivity contribution in [1.29, 1.82) is 0 Å². The highest BCUT2D eigenvalue weighted by Gasteiger charge is 2.52. The normalized spacial score (nSPS) is 45.7. The van der Waals surface area contributed by atoms with Gasteiger partial charge in [0.2, 0.25) is 0 Å². The fourth-order valence-electron chi connectivity index (χ4n) is 10.5. The molecule has 294 valence electrons. The van der Waals surface area contributed by atoms with Gasteiger partial charge in [-0.1, -0.05) is 32.1 Å². The minimum atomic E-state index is -0.593. The fraction of sp³-hybridized carbons (Fsp3) is 0.854. The number of esters is 1. The van der Waals surface area contributed by atoms with Gasteiger partial charge >= 0.3 is 5.97 Å². The molecule has 11 heteroatoms. The van der Waals surface area contributed by atoms with Crippen molar-refractivity contribution in [1.82, 2.24) is 0 Å². The molecule has 1 saturated carbocycles. The third-order valence-corrected chi connectivity index (χ3v) is 13.4. The van der Waals surface area contributed by atoms with Gasteiger partial charge < -0.3 is 42.8 Å². The smallest absolute Gasteiger partial charge is 0.306 e. The molecule has 11 nitrogen and oxygen atoms in total. The zero-order valence-electron chi connectivity index (χ0n) is 33.0. The van der Waals surface area contributed by atoms with Crippen LogP contribution in [0.3, 0.4) is 0 Å². The highest BCUT2D eigenvalue weighted by atomic mass is 16.7. The fourth-order valence-corrected chi connectivity index (χ4v) is 10.5. The Hall–Kier alpha value is -1.70. The Kier molecular flexibility index (Phi) is 13.4. The van der Waals surface area contributed by atoms with Crippen molar-refractivity contribution in [2.24, 2.45) is 35.5 Å². The Labute approximate surface area is 311 Å². The van der Waals surface area contributed by atoms with Crippen LogP contribution in [0.1, 0.15) is 85.5 Å². The first-order valence-corrected chi connectivity index (χ1v) is 20.1. The molecule has 6 rings (SSSR count). The number of carbonyl (C=O) groups excluding carboxylic acids is 2. The number of nitrogens with one attached hydrogen (secondary N) is 1. The monoisotopic (exact) mass is 732 g/mol. The maximum atomic E-state index is 14.7. The van der Waals surface area contributed by atoms with E-state index in [0.717, 1.165) is 50.5 Å². The summed E-state index contributed by atoms with van der Waals surface area (Å²) in [6, 6.07) is 0.422. The van der Waals surface area contributed by atoms with Crippen LogP contribution in [0.2, 0.25) is 0 Å². The number of carbonyl (C=O) groups is 2. The number of quaternary nitrogens is 1. The highest BCUT2D eigenvalue weighted by Crippen LogP contribution is 2.54. The molecule has 3 saturated heterocycles. The lowest BCUT2D eigenvalue weighted by Crippen LogP contribution is -3.11. The molecular formula is C41H66NO10+. The van der Waals surface area contributed by atoms with Crippen molar-refractivity contribution in [3.05, 3.63) is 23.8 Å². The minimum Gasteiger partial charge on any atom is -0.462 e. The predicted octanol–water partition coefficient (Wildman–Crippen LogP) is 4.07. The first kappa shape index (κ1) is 40.0. The average molecular weight is 733 g/mol. The van der Waals surface area contributed by atoms with Crippen LogP contribution in [0.25, 0.3) is 0 Å². The Balaban J connectivity index is 1.20. The molecule has 0 aromatic carbocycles. The maximum absolute atomic E-state index is 14.7. The molecule has 0 spiro atoms. The van der Waals surface area contributed by atoms with E-state index in [0.29, 0.717) is 18.4 Å². The topological polar surface area (TPSA) is 112 Å². The van der Waals surface area contributed by atoms with Gasteiger partial charge in [-0.15, -0.1) is 0 Å². The van der Waals surface area contributed by atoms with Crippen molar-refractivity contribution < 1.29 is 52.4 Å². The molecule has 1 N–H and O–H groups in total. The minimum absolute atomic E-state index is 0.0482. The second-order valence-corrected chi connectivity index (χ2v) is 16.7. The molecule has 0 aromatic heterocycles. The number of methoxy groups -OCH3 is 3. The lowest BCUT2D eigenvalue weighted by atomic mass is 9.70. The van der Waals surface area contributed by atoms with E-state index < -0.39 is 12.4 Å². The quantitative estimate of drug-likeness (QED) is 0.275. The Morgan fingerprint density at radius 3 is 2.25 bits per heavy atom. The Bertz CT molecular complexity index is 1290. The Morgan fingerprint density at radius 1 is 0.827 bits per heavy atom. The van der Waals surface area contributed by atoms with Crippen LogP contribution in [0.4, 0.5) is 0 Å². The average Bonchev–Trinajstić information content (AvgIpc) is 3.70. The van der Waals surface area contributed by atoms with Crippen LogP contribution < -0.4 is 4.90 Å². The molecule has 0 aromatic rings. The molecule has 4 fully saturated rings. The van der Waals surface area contributed by atoms with Gasteiger partial charge in [0, 0.05) is 46.0 Å². The van der Waals surface area contributed by atoms with Gasteiger partial charge in [0.05, 0.1) is 38.8 Å². The van der Waals surface area contributed by atoms with Crippen molar-refractivity contribution in [2.75, 3.05) is 35.4 Å². The van der Waals surface area contributed by atoms with E-state index in [9.17, 15) is 9.59 Å². The van der Waals surface area contributed by atoms with E-state index in [1.54, 1.807) is 21.3 Å². The number of hydrogen-bond donors (Lipinski definition) is 1. The predicted molar refractivity (Wildman–Crippen MR) is 193 cm³/mol. The van der Waals surface area contributed by atoms with E-state index in [-0.39, 0.29) is 96.8 Å². The third kappa shape index (κ3) is 8.27. The summed E-state index contributed by atoms with van der Waals surface area (Å²) >= 11 is 0. The SMILES string of the molecule is CC[C@H]1CCC[C@H](O[C@H]2CC[C@H]([NH+](C)C)[C@@H](C)O2)[C@@H](C)C(=O)C2=C[C@@H]3[C@@H](C=C[C@@H]4C[C@@H](O[C@@H]5O[C@@H](C)[C@H](OC)[C@@H](OC)[C@H]5OC)C[C@@H]34)[C@@H]2CC(=O)O1. The lowest BCUT2D eigenvalue weighted by molar-refractivity contribution is -0.892. The molecule has 0 amide bonds. The standard InChI is InChI=1S/C41H65NO10/c1-10-26-12-11-13-34(52-36-17-16-33(42(5)6)23(3)48-36)22(2)37(44)32-20-30-28(31(32)21-35(43)50-26)15-14-25-18-27(19-29(25)30)51-41-40(47-9)39(46-8)38(45-7)24(4)49-41/h14-15,20,22-31,33-34,36,38-41H,10-13,16-19,21H2,1-9H3/p+1/t22-,23-,24+,25-,26+,27-,28-,29-,30-,31+,33+,34+,36+,38+,39-,40-,41+/m1/s1. The molecule has 0 bridgehead atoms. The first-order valence-electron chi connectivity index (χ1n) is 20.1. The van der Waals surface area contributed by atoms with Crippen LogP contribution in [-0.4, -0.2) is 115 Å². The summed E-state index contributed by atoms with van der Waals surface area (Å²) in [5.74, 6) is 0.0422. The molecule has 52 heavy (non-hydrogen) atoms. The third-order valence-electron chi connectivity index (χ3n) is 13.4. The second-order valence-electron chi connectivity index (χ2n) is 16.7. The van der Waals surface area contributed by atoms with Crippen molar-refractivity contribution in [2.45, 2.75) is 153 Å². The van der Waals surface area contributed by atoms with E-state index in [1.807, 2.05) is 13.8 Å². The number of Topliss-reactive ketones (excluding diaryl/α,β-unsaturated/α-hetero) is 1. The van der Waals surface area contributed by atoms with E-state index in [4.69, 9.17) is 37.9 Å². The zero-order valence-corrected chi connectivity index (χ0v) is 33.0. The number of rotatable bonds is 9. The molecule has 3 heterocycles. The van der Waals surface area contributed by atoms with E-state index in [2.05, 4.69) is 46.2 Å². The number of hydrogen-bond acceptors (Lipinski definition) is 10. The summed E-state index contributed by atoms with van der Waals surface area (Å²) in [6.45, 7) is 8.19. The van der Waals surface area contributed by atoms with E-state index in [1.165, 1.54) is 4.90 Å². The van der Waals surface area contributed by atoms with Gasteiger partial charge in [0.25, 0.3) is 0 Å². The largest absolute Gasteiger partial charge is 0.462 e. The highest BCUT2D eigenvalue weighted by molar-refractivity contribution is 5.99. The van der Waals surface area contributed by atoms with Crippen LogP contribution in [0, 0.1) is 35.5 Å². The maximum Gasteiger partial charge on any atom is 0.306 e. The van der Waals surface area contributed by atoms with Crippen molar-refractivity contribution in [3.8, 4) is 0 Å².